The first-order valence-corrected chi connectivity index (χ1v) is 12.0. The monoisotopic (exact) mass is 468 g/mol. The van der Waals surface area contributed by atoms with Gasteiger partial charge in [0.2, 0.25) is 5.91 Å². The van der Waals surface area contributed by atoms with E-state index in [1.165, 1.54) is 8.66 Å². The molecule has 3 amide bonds. The fourth-order valence-electron chi connectivity index (χ4n) is 4.47. The van der Waals surface area contributed by atoms with Crippen LogP contribution in [0.4, 0.5) is 4.79 Å². The Morgan fingerprint density at radius 1 is 0.893 bits per heavy atom. The third-order valence-corrected chi connectivity index (χ3v) is 7.79. The largest absolute Gasteiger partial charge is 0.340 e. The fraction of sp³-hybridized carbons (Fsp3) is 0.700. The molecular weight excluding hydrogens is 440 g/mol. The van der Waals surface area contributed by atoms with Gasteiger partial charge in [-0.15, -0.1) is 11.3 Å². The van der Waals surface area contributed by atoms with Gasteiger partial charge in [-0.25, -0.2) is 4.79 Å². The van der Waals surface area contributed by atoms with Crippen molar-refractivity contribution in [3.05, 3.63) is 20.8 Å². The zero-order chi connectivity index (χ0) is 19.5. The van der Waals surface area contributed by atoms with Crippen molar-refractivity contribution in [2.45, 2.75) is 32.2 Å². The first-order chi connectivity index (χ1) is 13.6. The molecule has 4 rings (SSSR count). The topological polar surface area (TPSA) is 47.1 Å². The maximum atomic E-state index is 12.9. The highest BCUT2D eigenvalue weighted by atomic mass is 79.9. The van der Waals surface area contributed by atoms with Crippen molar-refractivity contribution in [2.24, 2.45) is 5.92 Å². The predicted molar refractivity (Wildman–Crippen MR) is 114 cm³/mol. The number of thiophene rings is 1. The van der Waals surface area contributed by atoms with Gasteiger partial charge in [-0.2, -0.15) is 0 Å². The third kappa shape index (κ3) is 4.71. The molecule has 0 spiro atoms. The molecule has 3 aliphatic heterocycles. The quantitative estimate of drug-likeness (QED) is 0.684. The molecule has 0 aliphatic carbocycles. The van der Waals surface area contributed by atoms with Crippen molar-refractivity contribution >= 4 is 39.2 Å². The molecule has 3 saturated heterocycles. The van der Waals surface area contributed by atoms with Crippen LogP contribution in [0.5, 0.6) is 0 Å². The van der Waals surface area contributed by atoms with Crippen molar-refractivity contribution in [1.82, 2.24) is 19.6 Å². The highest BCUT2D eigenvalue weighted by Crippen LogP contribution is 2.25. The highest BCUT2D eigenvalue weighted by molar-refractivity contribution is 9.11. The van der Waals surface area contributed by atoms with E-state index in [2.05, 4.69) is 33.0 Å². The van der Waals surface area contributed by atoms with Crippen LogP contribution in [-0.2, 0) is 11.3 Å². The number of carbonyl (C=O) groups is 2. The van der Waals surface area contributed by atoms with Crippen LogP contribution in [-0.4, -0.2) is 83.9 Å². The maximum Gasteiger partial charge on any atom is 0.319 e. The standard InChI is InChI=1S/C20H29BrN4O2S/c21-18-4-3-17(28-18)15-22-11-13-23(14-12-22)19(26)16-5-9-25(10-6-16)20(27)24-7-1-2-8-24/h3-4,16H,1-2,5-15H2. The Balaban J connectivity index is 1.21. The summed E-state index contributed by atoms with van der Waals surface area (Å²) in [5.74, 6) is 0.384. The number of rotatable bonds is 3. The van der Waals surface area contributed by atoms with Crippen LogP contribution in [0, 0.1) is 5.92 Å². The van der Waals surface area contributed by atoms with Crippen LogP contribution in [0.2, 0.25) is 0 Å². The van der Waals surface area contributed by atoms with Gasteiger partial charge in [0.25, 0.3) is 0 Å². The summed E-state index contributed by atoms with van der Waals surface area (Å²) in [4.78, 5) is 35.2. The number of piperidine rings is 1. The van der Waals surface area contributed by atoms with Crippen LogP contribution in [0.3, 0.4) is 0 Å². The summed E-state index contributed by atoms with van der Waals surface area (Å²) in [6, 6.07) is 4.45. The Hall–Kier alpha value is -1.12. The van der Waals surface area contributed by atoms with Gasteiger partial charge in [-0.05, 0) is 53.7 Å². The average molecular weight is 469 g/mol. The van der Waals surface area contributed by atoms with E-state index < -0.39 is 0 Å². The molecule has 1 aromatic rings. The van der Waals surface area contributed by atoms with Gasteiger partial charge in [0, 0.05) is 69.7 Å². The van der Waals surface area contributed by atoms with Gasteiger partial charge < -0.3 is 14.7 Å². The van der Waals surface area contributed by atoms with E-state index in [9.17, 15) is 9.59 Å². The number of hydrogen-bond donors (Lipinski definition) is 0. The minimum atomic E-state index is 0.0856. The lowest BCUT2D eigenvalue weighted by atomic mass is 9.95. The Labute approximate surface area is 179 Å². The summed E-state index contributed by atoms with van der Waals surface area (Å²) in [5.41, 5.74) is 0. The number of nitrogens with zero attached hydrogens (tertiary/aromatic N) is 4. The van der Waals surface area contributed by atoms with Crippen LogP contribution in [0.15, 0.2) is 15.9 Å². The van der Waals surface area contributed by atoms with Crippen LogP contribution in [0.1, 0.15) is 30.6 Å². The van der Waals surface area contributed by atoms with Crippen LogP contribution in [0.25, 0.3) is 0 Å². The van der Waals surface area contributed by atoms with Crippen molar-refractivity contribution in [1.29, 1.82) is 0 Å². The molecule has 6 nitrogen and oxygen atoms in total. The lowest BCUT2D eigenvalue weighted by Crippen LogP contribution is -2.52. The summed E-state index contributed by atoms with van der Waals surface area (Å²) in [6.07, 6.45) is 3.86. The summed E-state index contributed by atoms with van der Waals surface area (Å²) in [7, 11) is 0. The Morgan fingerprint density at radius 2 is 1.54 bits per heavy atom. The lowest BCUT2D eigenvalue weighted by Gasteiger charge is -2.39. The third-order valence-electron chi connectivity index (χ3n) is 6.18. The molecule has 4 heterocycles. The van der Waals surface area contributed by atoms with Crippen molar-refractivity contribution < 1.29 is 9.59 Å². The van der Waals surface area contributed by atoms with E-state index in [1.54, 1.807) is 11.3 Å². The molecule has 0 saturated carbocycles. The van der Waals surface area contributed by atoms with Crippen molar-refractivity contribution in [2.75, 3.05) is 52.4 Å². The zero-order valence-electron chi connectivity index (χ0n) is 16.3. The fourth-order valence-corrected chi connectivity index (χ4v) is 5.99. The molecule has 0 N–H and O–H groups in total. The maximum absolute atomic E-state index is 12.9. The summed E-state index contributed by atoms with van der Waals surface area (Å²) in [5, 5.41) is 0. The summed E-state index contributed by atoms with van der Waals surface area (Å²) >= 11 is 5.30. The lowest BCUT2D eigenvalue weighted by molar-refractivity contribution is -0.138. The van der Waals surface area contributed by atoms with E-state index >= 15 is 0 Å². The summed E-state index contributed by atoms with van der Waals surface area (Å²) in [6.45, 7) is 7.71. The zero-order valence-corrected chi connectivity index (χ0v) is 18.7. The molecule has 8 heteroatoms. The average Bonchev–Trinajstić information content (AvgIpc) is 3.40. The molecule has 154 valence electrons. The van der Waals surface area contributed by atoms with Gasteiger partial charge >= 0.3 is 6.03 Å². The Bertz CT molecular complexity index is 690. The van der Waals surface area contributed by atoms with E-state index in [4.69, 9.17) is 0 Å². The number of halogens is 1. The van der Waals surface area contributed by atoms with Gasteiger partial charge in [0.15, 0.2) is 0 Å². The Morgan fingerprint density at radius 3 is 2.14 bits per heavy atom. The Kier molecular flexibility index (Phi) is 6.58. The van der Waals surface area contributed by atoms with Crippen LogP contribution < -0.4 is 0 Å². The molecular formula is C20H29BrN4O2S. The second-order valence-corrected chi connectivity index (χ2v) is 10.6. The molecule has 3 fully saturated rings. The number of hydrogen-bond acceptors (Lipinski definition) is 4. The second kappa shape index (κ2) is 9.13. The molecule has 3 aliphatic rings. The molecule has 0 aromatic carbocycles. The SMILES string of the molecule is O=C(C1CCN(C(=O)N2CCCC2)CC1)N1CCN(Cc2ccc(Br)s2)CC1. The van der Waals surface area contributed by atoms with E-state index in [-0.39, 0.29) is 11.9 Å². The number of carbonyl (C=O) groups excluding carboxylic acids is 2. The normalized spacial score (nSPS) is 22.1. The van der Waals surface area contributed by atoms with Crippen molar-refractivity contribution in [3.63, 3.8) is 0 Å². The minimum absolute atomic E-state index is 0.0856. The van der Waals surface area contributed by atoms with Gasteiger partial charge in [-0.3, -0.25) is 9.69 Å². The predicted octanol–water partition coefficient (Wildman–Crippen LogP) is 3.08. The first-order valence-electron chi connectivity index (χ1n) is 10.4. The number of amides is 3. The molecule has 0 unspecified atom stereocenters. The van der Waals surface area contributed by atoms with E-state index in [0.29, 0.717) is 5.91 Å². The van der Waals surface area contributed by atoms with Crippen LogP contribution >= 0.6 is 27.3 Å². The van der Waals surface area contributed by atoms with E-state index in [0.717, 1.165) is 84.6 Å². The van der Waals surface area contributed by atoms with Gasteiger partial charge in [0.05, 0.1) is 3.79 Å². The summed E-state index contributed by atoms with van der Waals surface area (Å²) < 4.78 is 1.17. The molecule has 1 aromatic heterocycles. The van der Waals surface area contributed by atoms with E-state index in [1.807, 2.05) is 14.7 Å². The smallest absolute Gasteiger partial charge is 0.319 e. The first kappa shape index (κ1) is 20.2. The van der Waals surface area contributed by atoms with Crippen molar-refractivity contribution in [3.8, 4) is 0 Å². The van der Waals surface area contributed by atoms with Gasteiger partial charge in [-0.1, -0.05) is 0 Å². The molecule has 0 radical (unpaired) electrons. The highest BCUT2D eigenvalue weighted by Gasteiger charge is 2.33. The number of urea groups is 1. The molecule has 28 heavy (non-hydrogen) atoms. The second-order valence-electron chi connectivity index (χ2n) is 8.05. The minimum Gasteiger partial charge on any atom is -0.340 e. The number of piperazine rings is 1. The molecule has 0 bridgehead atoms. The molecule has 0 atom stereocenters. The number of likely N-dealkylation sites (tertiary alicyclic amines) is 2. The van der Waals surface area contributed by atoms with Gasteiger partial charge in [0.1, 0.15) is 0 Å².